The zero-order valence-corrected chi connectivity index (χ0v) is 15.2. The smallest absolute Gasteiger partial charge is 0.288 e. The van der Waals surface area contributed by atoms with E-state index in [9.17, 15) is 9.59 Å². The highest BCUT2D eigenvalue weighted by molar-refractivity contribution is 8.14. The van der Waals surface area contributed by atoms with Crippen molar-refractivity contribution in [2.75, 3.05) is 44.5 Å². The van der Waals surface area contributed by atoms with Crippen molar-refractivity contribution in [3.8, 4) is 0 Å². The van der Waals surface area contributed by atoms with Gasteiger partial charge in [0.1, 0.15) is 0 Å². The summed E-state index contributed by atoms with van der Waals surface area (Å²) in [5.41, 5.74) is 2.00. The number of hydrogen-bond acceptors (Lipinski definition) is 7. The van der Waals surface area contributed by atoms with Crippen LogP contribution in [-0.2, 0) is 14.3 Å². The van der Waals surface area contributed by atoms with E-state index in [-0.39, 0.29) is 16.9 Å². The van der Waals surface area contributed by atoms with Crippen LogP contribution in [0, 0.1) is 0 Å². The van der Waals surface area contributed by atoms with Gasteiger partial charge in [-0.3, -0.25) is 14.5 Å². The van der Waals surface area contributed by atoms with Crippen LogP contribution in [0.4, 0.5) is 4.79 Å². The summed E-state index contributed by atoms with van der Waals surface area (Å²) in [5.74, 6) is 0.899. The zero-order chi connectivity index (χ0) is 17.5. The van der Waals surface area contributed by atoms with Gasteiger partial charge in [0.05, 0.1) is 49.8 Å². The number of aromatic nitrogens is 2. The zero-order valence-electron chi connectivity index (χ0n) is 13.6. The Hall–Kier alpha value is -1.55. The minimum Gasteiger partial charge on any atom is -0.378 e. The van der Waals surface area contributed by atoms with Gasteiger partial charge in [-0.2, -0.15) is 0 Å². The SMILES string of the molecule is O=C1CSC(=O)N1CCOCCOCCSc1nc2ccccc2[nH]1. The molecule has 1 fully saturated rings. The van der Waals surface area contributed by atoms with E-state index in [1.807, 2.05) is 24.3 Å². The molecule has 9 heteroatoms. The Morgan fingerprint density at radius 2 is 1.96 bits per heavy atom. The van der Waals surface area contributed by atoms with Crippen LogP contribution in [0.2, 0.25) is 0 Å². The highest BCUT2D eigenvalue weighted by Gasteiger charge is 2.29. The van der Waals surface area contributed by atoms with Crippen LogP contribution in [0.5, 0.6) is 0 Å². The first-order chi connectivity index (χ1) is 12.2. The molecule has 0 aliphatic carbocycles. The summed E-state index contributed by atoms with van der Waals surface area (Å²) in [6.07, 6.45) is 0. The summed E-state index contributed by atoms with van der Waals surface area (Å²) in [7, 11) is 0. The van der Waals surface area contributed by atoms with Crippen molar-refractivity contribution in [3.63, 3.8) is 0 Å². The number of H-pyrrole nitrogens is 1. The molecule has 1 saturated heterocycles. The van der Waals surface area contributed by atoms with Crippen LogP contribution in [0.25, 0.3) is 11.0 Å². The molecule has 1 aliphatic rings. The molecule has 1 aromatic heterocycles. The molecule has 0 radical (unpaired) electrons. The number of carbonyl (C=O) groups excluding carboxylic acids is 2. The van der Waals surface area contributed by atoms with Crippen molar-refractivity contribution in [2.45, 2.75) is 5.16 Å². The Bertz CT molecular complexity index is 688. The molecule has 0 bridgehead atoms. The van der Waals surface area contributed by atoms with Crippen LogP contribution >= 0.6 is 23.5 Å². The summed E-state index contributed by atoms with van der Waals surface area (Å²) in [6, 6.07) is 7.93. The van der Waals surface area contributed by atoms with E-state index < -0.39 is 0 Å². The molecule has 7 nitrogen and oxygen atoms in total. The van der Waals surface area contributed by atoms with Gasteiger partial charge in [-0.25, -0.2) is 4.98 Å². The molecule has 1 aliphatic heterocycles. The topological polar surface area (TPSA) is 84.5 Å². The number of nitrogens with one attached hydrogen (secondary N) is 1. The number of thioether (sulfide) groups is 2. The van der Waals surface area contributed by atoms with Crippen molar-refractivity contribution >= 4 is 45.7 Å². The number of rotatable bonds is 10. The fraction of sp³-hybridized carbons (Fsp3) is 0.438. The van der Waals surface area contributed by atoms with E-state index in [4.69, 9.17) is 9.47 Å². The fourth-order valence-corrected chi connectivity index (χ4v) is 3.76. The second kappa shape index (κ2) is 9.23. The lowest BCUT2D eigenvalue weighted by Gasteiger charge is -2.12. The second-order valence-corrected chi connectivity index (χ2v) is 7.24. The first-order valence-electron chi connectivity index (χ1n) is 7.94. The fourth-order valence-electron chi connectivity index (χ4n) is 2.27. The summed E-state index contributed by atoms with van der Waals surface area (Å²) in [5, 5.41) is 0.700. The quantitative estimate of drug-likeness (QED) is 0.500. The maximum atomic E-state index is 11.4. The average molecular weight is 381 g/mol. The van der Waals surface area contributed by atoms with Crippen molar-refractivity contribution in [1.29, 1.82) is 0 Å². The third-order valence-electron chi connectivity index (χ3n) is 3.51. The van der Waals surface area contributed by atoms with E-state index in [0.29, 0.717) is 33.0 Å². The van der Waals surface area contributed by atoms with Gasteiger partial charge < -0.3 is 14.5 Å². The predicted molar refractivity (Wildman–Crippen MR) is 98.0 cm³/mol. The number of aromatic amines is 1. The number of benzene rings is 1. The number of imide groups is 1. The Morgan fingerprint density at radius 3 is 2.72 bits per heavy atom. The average Bonchev–Trinajstić information content (AvgIpc) is 3.17. The predicted octanol–water partition coefficient (Wildman–Crippen LogP) is 2.38. The first kappa shape index (κ1) is 18.2. The van der Waals surface area contributed by atoms with E-state index in [2.05, 4.69) is 9.97 Å². The Kier molecular flexibility index (Phi) is 6.74. The summed E-state index contributed by atoms with van der Waals surface area (Å²) < 4.78 is 10.9. The molecular formula is C16H19N3O4S2. The lowest BCUT2D eigenvalue weighted by molar-refractivity contribution is -0.125. The summed E-state index contributed by atoms with van der Waals surface area (Å²) >= 11 is 2.65. The standard InChI is InChI=1S/C16H19N3O4S2/c20-14-11-25-16(21)19(14)5-6-22-7-8-23-9-10-24-15-17-12-3-1-2-4-13(12)18-15/h1-4H,5-11H2,(H,17,18). The van der Waals surface area contributed by atoms with Crippen LogP contribution in [0.3, 0.4) is 0 Å². The molecule has 2 amide bonds. The molecule has 0 unspecified atom stereocenters. The number of ether oxygens (including phenoxy) is 2. The van der Waals surface area contributed by atoms with E-state index in [1.165, 1.54) is 4.90 Å². The first-order valence-corrected chi connectivity index (χ1v) is 9.91. The van der Waals surface area contributed by atoms with E-state index in [0.717, 1.165) is 33.7 Å². The van der Waals surface area contributed by atoms with Gasteiger partial charge in [0.25, 0.3) is 5.24 Å². The van der Waals surface area contributed by atoms with Gasteiger partial charge in [-0.1, -0.05) is 35.7 Å². The molecule has 0 atom stereocenters. The maximum Gasteiger partial charge on any atom is 0.288 e. The van der Waals surface area contributed by atoms with Crippen LogP contribution < -0.4 is 0 Å². The largest absolute Gasteiger partial charge is 0.378 e. The highest BCUT2D eigenvalue weighted by atomic mass is 32.2. The summed E-state index contributed by atoms with van der Waals surface area (Å²) in [4.78, 5) is 31.7. The number of carbonyl (C=O) groups is 2. The van der Waals surface area contributed by atoms with E-state index >= 15 is 0 Å². The lowest BCUT2D eigenvalue weighted by atomic mass is 10.3. The number of hydrogen-bond donors (Lipinski definition) is 1. The second-order valence-electron chi connectivity index (χ2n) is 5.23. The van der Waals surface area contributed by atoms with Gasteiger partial charge >= 0.3 is 0 Å². The van der Waals surface area contributed by atoms with Gasteiger partial charge in [0.15, 0.2) is 5.16 Å². The van der Waals surface area contributed by atoms with Gasteiger partial charge in [0.2, 0.25) is 5.91 Å². The third-order valence-corrected chi connectivity index (χ3v) is 5.20. The number of nitrogens with zero attached hydrogens (tertiary/aromatic N) is 2. The molecule has 2 aromatic rings. The monoisotopic (exact) mass is 381 g/mol. The molecule has 2 heterocycles. The molecule has 1 N–H and O–H groups in total. The Balaban J connectivity index is 1.21. The third kappa shape index (κ3) is 5.21. The van der Waals surface area contributed by atoms with Gasteiger partial charge in [0, 0.05) is 5.75 Å². The van der Waals surface area contributed by atoms with Crippen molar-refractivity contribution in [2.24, 2.45) is 0 Å². The van der Waals surface area contributed by atoms with Crippen LogP contribution in [0.1, 0.15) is 0 Å². The number of imidazole rings is 1. The van der Waals surface area contributed by atoms with E-state index in [1.54, 1.807) is 11.8 Å². The molecule has 134 valence electrons. The number of fused-ring (bicyclic) bond motifs is 1. The van der Waals surface area contributed by atoms with Crippen molar-refractivity contribution in [3.05, 3.63) is 24.3 Å². The van der Waals surface area contributed by atoms with Crippen LogP contribution in [0.15, 0.2) is 29.4 Å². The molecule has 1 aromatic carbocycles. The number of amides is 2. The van der Waals surface area contributed by atoms with Crippen molar-refractivity contribution < 1.29 is 19.1 Å². The minimum atomic E-state index is -0.188. The van der Waals surface area contributed by atoms with Crippen molar-refractivity contribution in [1.82, 2.24) is 14.9 Å². The lowest BCUT2D eigenvalue weighted by Crippen LogP contribution is -2.32. The van der Waals surface area contributed by atoms with Gasteiger partial charge in [-0.15, -0.1) is 0 Å². The normalized spacial score (nSPS) is 14.8. The van der Waals surface area contributed by atoms with Crippen LogP contribution in [-0.4, -0.2) is 70.5 Å². The Morgan fingerprint density at radius 1 is 1.16 bits per heavy atom. The molecule has 3 rings (SSSR count). The molecule has 0 saturated carbocycles. The molecule has 0 spiro atoms. The molecule has 25 heavy (non-hydrogen) atoms. The highest BCUT2D eigenvalue weighted by Crippen LogP contribution is 2.19. The molecular weight excluding hydrogens is 362 g/mol. The minimum absolute atomic E-state index is 0.141. The Labute approximate surface area is 153 Å². The maximum absolute atomic E-state index is 11.4. The van der Waals surface area contributed by atoms with Gasteiger partial charge in [-0.05, 0) is 12.1 Å². The summed E-state index contributed by atoms with van der Waals surface area (Å²) in [6.45, 7) is 2.18. The number of para-hydroxylation sites is 2.